The summed E-state index contributed by atoms with van der Waals surface area (Å²) < 4.78 is 0. The van der Waals surface area contributed by atoms with Crippen LogP contribution in [0, 0.1) is 0 Å². The van der Waals surface area contributed by atoms with Crippen molar-refractivity contribution < 1.29 is 4.79 Å². The van der Waals surface area contributed by atoms with Gasteiger partial charge in [-0.3, -0.25) is 4.79 Å². The van der Waals surface area contributed by atoms with E-state index in [1.54, 1.807) is 12.3 Å². The molecule has 0 amide bonds. The molecule has 0 aliphatic rings. The standard InChI is InChI=1S/C12H18N2O/c1-4-7-14(10(2)3)12-6-5-11(9-15)8-13-12/h5-6,8-10H,4,7H2,1-3H3. The predicted molar refractivity (Wildman–Crippen MR) is 62.4 cm³/mol. The van der Waals surface area contributed by atoms with E-state index in [9.17, 15) is 4.79 Å². The number of hydrogen-bond donors (Lipinski definition) is 0. The van der Waals surface area contributed by atoms with E-state index in [1.165, 1.54) is 0 Å². The van der Waals surface area contributed by atoms with Gasteiger partial charge in [0.05, 0.1) is 0 Å². The highest BCUT2D eigenvalue weighted by molar-refractivity contribution is 5.74. The number of carbonyl (C=O) groups is 1. The third-order valence-electron chi connectivity index (χ3n) is 2.29. The SMILES string of the molecule is CCCN(c1ccc(C=O)cn1)C(C)C. The molecule has 15 heavy (non-hydrogen) atoms. The van der Waals surface area contributed by atoms with Crippen LogP contribution in [-0.2, 0) is 0 Å². The molecule has 3 heteroatoms. The summed E-state index contributed by atoms with van der Waals surface area (Å²) in [4.78, 5) is 17.0. The molecule has 1 aromatic heterocycles. The van der Waals surface area contributed by atoms with Gasteiger partial charge in [0.25, 0.3) is 0 Å². The molecule has 0 atom stereocenters. The lowest BCUT2D eigenvalue weighted by Crippen LogP contribution is -2.32. The molecular weight excluding hydrogens is 188 g/mol. The second-order valence-corrected chi connectivity index (χ2v) is 3.85. The van der Waals surface area contributed by atoms with Crippen LogP contribution in [0.15, 0.2) is 18.3 Å². The minimum Gasteiger partial charge on any atom is -0.354 e. The van der Waals surface area contributed by atoms with Gasteiger partial charge in [0.1, 0.15) is 5.82 Å². The topological polar surface area (TPSA) is 33.2 Å². The summed E-state index contributed by atoms with van der Waals surface area (Å²) in [6.45, 7) is 7.43. The minimum atomic E-state index is 0.430. The largest absolute Gasteiger partial charge is 0.354 e. The molecule has 0 unspecified atom stereocenters. The minimum absolute atomic E-state index is 0.430. The molecule has 0 radical (unpaired) electrons. The fourth-order valence-corrected chi connectivity index (χ4v) is 1.52. The molecule has 0 saturated heterocycles. The fraction of sp³-hybridized carbons (Fsp3) is 0.500. The second-order valence-electron chi connectivity index (χ2n) is 3.85. The van der Waals surface area contributed by atoms with Crippen LogP contribution in [0.2, 0.25) is 0 Å². The predicted octanol–water partition coefficient (Wildman–Crippen LogP) is 2.52. The van der Waals surface area contributed by atoms with E-state index in [-0.39, 0.29) is 0 Å². The monoisotopic (exact) mass is 206 g/mol. The Morgan fingerprint density at radius 2 is 2.20 bits per heavy atom. The second kappa shape index (κ2) is 5.49. The van der Waals surface area contributed by atoms with Crippen molar-refractivity contribution in [3.63, 3.8) is 0 Å². The van der Waals surface area contributed by atoms with Crippen LogP contribution in [-0.4, -0.2) is 23.9 Å². The van der Waals surface area contributed by atoms with E-state index in [0.29, 0.717) is 11.6 Å². The first kappa shape index (κ1) is 11.7. The third-order valence-corrected chi connectivity index (χ3v) is 2.29. The number of anilines is 1. The van der Waals surface area contributed by atoms with Crippen LogP contribution in [0.1, 0.15) is 37.6 Å². The van der Waals surface area contributed by atoms with Gasteiger partial charge in [-0.2, -0.15) is 0 Å². The van der Waals surface area contributed by atoms with E-state index in [0.717, 1.165) is 25.1 Å². The number of aromatic nitrogens is 1. The quantitative estimate of drug-likeness (QED) is 0.694. The number of pyridine rings is 1. The summed E-state index contributed by atoms with van der Waals surface area (Å²) in [5.74, 6) is 0.942. The zero-order valence-electron chi connectivity index (χ0n) is 9.60. The van der Waals surface area contributed by atoms with E-state index >= 15 is 0 Å². The Balaban J connectivity index is 2.86. The number of rotatable bonds is 5. The van der Waals surface area contributed by atoms with Crippen molar-refractivity contribution in [3.05, 3.63) is 23.9 Å². The molecule has 0 spiro atoms. The van der Waals surface area contributed by atoms with Gasteiger partial charge in [-0.15, -0.1) is 0 Å². The first-order valence-electron chi connectivity index (χ1n) is 5.37. The summed E-state index contributed by atoms with van der Waals surface area (Å²) in [6, 6.07) is 4.14. The number of hydrogen-bond acceptors (Lipinski definition) is 3. The first-order chi connectivity index (χ1) is 7.19. The van der Waals surface area contributed by atoms with Crippen molar-refractivity contribution in [3.8, 4) is 0 Å². The van der Waals surface area contributed by atoms with Gasteiger partial charge >= 0.3 is 0 Å². The Kier molecular flexibility index (Phi) is 4.28. The van der Waals surface area contributed by atoms with E-state index in [1.807, 2.05) is 6.07 Å². The molecule has 0 aliphatic carbocycles. The molecule has 1 heterocycles. The zero-order chi connectivity index (χ0) is 11.3. The Morgan fingerprint density at radius 1 is 1.47 bits per heavy atom. The molecule has 3 nitrogen and oxygen atoms in total. The highest BCUT2D eigenvalue weighted by Crippen LogP contribution is 2.14. The van der Waals surface area contributed by atoms with Crippen molar-refractivity contribution in [1.82, 2.24) is 4.98 Å². The molecule has 0 N–H and O–H groups in total. The maximum atomic E-state index is 10.5. The molecule has 1 rings (SSSR count). The summed E-state index contributed by atoms with van der Waals surface area (Å²) in [6.07, 6.45) is 3.53. The van der Waals surface area contributed by atoms with Crippen LogP contribution in [0.4, 0.5) is 5.82 Å². The molecule has 0 fully saturated rings. The van der Waals surface area contributed by atoms with Crippen molar-refractivity contribution in [2.45, 2.75) is 33.2 Å². The molecule has 0 aliphatic heterocycles. The lowest BCUT2D eigenvalue weighted by atomic mass is 10.2. The Morgan fingerprint density at radius 3 is 2.60 bits per heavy atom. The number of nitrogens with zero attached hydrogens (tertiary/aromatic N) is 2. The lowest BCUT2D eigenvalue weighted by molar-refractivity contribution is 0.112. The molecule has 0 aromatic carbocycles. The van der Waals surface area contributed by atoms with Crippen LogP contribution in [0.5, 0.6) is 0 Å². The molecule has 1 aromatic rings. The molecule has 0 saturated carbocycles. The first-order valence-corrected chi connectivity index (χ1v) is 5.37. The lowest BCUT2D eigenvalue weighted by Gasteiger charge is -2.27. The van der Waals surface area contributed by atoms with E-state index in [4.69, 9.17) is 0 Å². The van der Waals surface area contributed by atoms with Gasteiger partial charge in [-0.1, -0.05) is 6.92 Å². The maximum Gasteiger partial charge on any atom is 0.151 e. The highest BCUT2D eigenvalue weighted by atomic mass is 16.1. The van der Waals surface area contributed by atoms with Gasteiger partial charge in [-0.05, 0) is 32.4 Å². The Bertz CT molecular complexity index is 306. The summed E-state index contributed by atoms with van der Waals surface area (Å²) in [5.41, 5.74) is 0.624. The fourth-order valence-electron chi connectivity index (χ4n) is 1.52. The number of aldehydes is 1. The smallest absolute Gasteiger partial charge is 0.151 e. The van der Waals surface area contributed by atoms with Gasteiger partial charge in [0.2, 0.25) is 0 Å². The average molecular weight is 206 g/mol. The Labute approximate surface area is 91.1 Å². The maximum absolute atomic E-state index is 10.5. The average Bonchev–Trinajstić information content (AvgIpc) is 2.26. The molecule has 0 bridgehead atoms. The van der Waals surface area contributed by atoms with E-state index < -0.39 is 0 Å². The van der Waals surface area contributed by atoms with Crippen LogP contribution in [0.25, 0.3) is 0 Å². The van der Waals surface area contributed by atoms with Crippen LogP contribution in [0.3, 0.4) is 0 Å². The van der Waals surface area contributed by atoms with Gasteiger partial charge in [0.15, 0.2) is 6.29 Å². The Hall–Kier alpha value is -1.38. The van der Waals surface area contributed by atoms with Crippen LogP contribution < -0.4 is 4.90 Å². The van der Waals surface area contributed by atoms with Crippen molar-refractivity contribution in [1.29, 1.82) is 0 Å². The normalized spacial score (nSPS) is 10.4. The van der Waals surface area contributed by atoms with Crippen LogP contribution >= 0.6 is 0 Å². The highest BCUT2D eigenvalue weighted by Gasteiger charge is 2.10. The summed E-state index contributed by atoms with van der Waals surface area (Å²) in [7, 11) is 0. The number of carbonyl (C=O) groups excluding carboxylic acids is 1. The van der Waals surface area contributed by atoms with E-state index in [2.05, 4.69) is 30.7 Å². The zero-order valence-corrected chi connectivity index (χ0v) is 9.60. The molecular formula is C12H18N2O. The third kappa shape index (κ3) is 3.05. The van der Waals surface area contributed by atoms with Gasteiger partial charge in [-0.25, -0.2) is 4.98 Å². The van der Waals surface area contributed by atoms with Crippen molar-refractivity contribution in [2.24, 2.45) is 0 Å². The van der Waals surface area contributed by atoms with Gasteiger partial charge in [0, 0.05) is 24.3 Å². The van der Waals surface area contributed by atoms with Crippen molar-refractivity contribution >= 4 is 12.1 Å². The van der Waals surface area contributed by atoms with Crippen molar-refractivity contribution in [2.75, 3.05) is 11.4 Å². The summed E-state index contributed by atoms with van der Waals surface area (Å²) in [5, 5.41) is 0. The van der Waals surface area contributed by atoms with Gasteiger partial charge < -0.3 is 4.90 Å². The summed E-state index contributed by atoms with van der Waals surface area (Å²) >= 11 is 0. The molecule has 82 valence electrons.